The summed E-state index contributed by atoms with van der Waals surface area (Å²) in [5.41, 5.74) is 25.9. The van der Waals surface area contributed by atoms with E-state index < -0.39 is 0 Å². The number of hydrogen-bond acceptors (Lipinski definition) is 6. The molecule has 30 aromatic rings. The molecule has 0 spiro atoms. The predicted molar refractivity (Wildman–Crippen MR) is 642 cm³/mol. The number of thiophene rings is 3. The predicted octanol–water partition coefficient (Wildman–Crippen LogP) is 42.4. The van der Waals surface area contributed by atoms with Crippen LogP contribution in [0.2, 0.25) is 0 Å². The van der Waals surface area contributed by atoms with Gasteiger partial charge in [0, 0.05) is 95.4 Å². The number of benzene rings is 27. The van der Waals surface area contributed by atoms with Crippen LogP contribution in [0.4, 0.5) is 51.2 Å². The van der Waals surface area contributed by atoms with E-state index in [0.29, 0.717) is 0 Å². The highest BCUT2D eigenvalue weighted by Gasteiger charge is 2.29. The summed E-state index contributed by atoms with van der Waals surface area (Å²) in [6.07, 6.45) is 0. The first-order valence-electron chi connectivity index (χ1n) is 50.8. The van der Waals surface area contributed by atoms with Gasteiger partial charge in [-0.25, -0.2) is 0 Å². The molecule has 0 aliphatic carbocycles. The van der Waals surface area contributed by atoms with Crippen molar-refractivity contribution in [1.82, 2.24) is 0 Å². The van der Waals surface area contributed by atoms with Crippen molar-refractivity contribution in [3.8, 4) is 77.9 Å². The molecule has 30 rings (SSSR count). The highest BCUT2D eigenvalue weighted by molar-refractivity contribution is 7.28. The lowest BCUT2D eigenvalue weighted by molar-refractivity contribution is 1.29. The maximum absolute atomic E-state index is 2.55. The van der Waals surface area contributed by atoms with E-state index in [0.717, 1.165) is 118 Å². The fourth-order valence-corrected chi connectivity index (χ4v) is 27.8. The van der Waals surface area contributed by atoms with Crippen molar-refractivity contribution < 1.29 is 0 Å². The van der Waals surface area contributed by atoms with E-state index in [2.05, 4.69) is 542 Å². The van der Waals surface area contributed by atoms with Gasteiger partial charge in [0.05, 0.1) is 27.4 Å². The summed E-state index contributed by atoms with van der Waals surface area (Å²) < 4.78 is 7.65. The van der Waals surface area contributed by atoms with Crippen molar-refractivity contribution in [3.63, 3.8) is 0 Å². The average molecular weight is 1930 g/mol. The Morgan fingerprint density at radius 1 is 0.122 bits per heavy atom. The molecule has 0 aliphatic heterocycles. The van der Waals surface area contributed by atoms with E-state index in [1.807, 2.05) is 34.0 Å². The Bertz CT molecular complexity index is 10800. The molecular formula is C142H87N3S3. The topological polar surface area (TPSA) is 9.72 Å². The number of nitrogens with zero attached hydrogens (tertiary/aromatic N) is 3. The molecule has 148 heavy (non-hydrogen) atoms. The second-order valence-corrected chi connectivity index (χ2v) is 42.3. The monoisotopic (exact) mass is 1930 g/mol. The van der Waals surface area contributed by atoms with Gasteiger partial charge in [-0.15, -0.1) is 34.0 Å². The number of rotatable bonds is 16. The second kappa shape index (κ2) is 34.7. The Labute approximate surface area is 866 Å². The normalized spacial score (nSPS) is 11.9. The Morgan fingerprint density at radius 2 is 0.500 bits per heavy atom. The van der Waals surface area contributed by atoms with Gasteiger partial charge in [0.1, 0.15) is 0 Å². The standard InChI is InChI=1S/C142H87N3S3/c1-2-27-88(28-3-1)95-35-23-38-106(80-95)143(134-54-26-56-136-138(134)127-75-64-92-31-6-13-45-116(92)141(127)146-136)105-67-60-93(61-68-105)128-86-104-79-97(65-71-112(104)118-47-14-16-48-119(118)128)98-66-72-121-111-41-10-7-32-101(111)84-129(131(121)83-98)100-37-24-39-107(81-100)144(109-70-76-123-125-73-62-90-29-4-11-43-114(90)139(125)147-137(123)87-109)132-52-20-18-42-113(132)99-36-22-34-94(77-99)96-58-57-89-59-69-108(82-103(89)78-96)145(135-55-25-51-124-126-74-63-91-30-5-12-44-115(91)140(126)148-142(124)135)133-53-21-19-50-122(133)130-85-102-33-8-9-40-110(102)117-46-15-17-49-120(117)130/h1-87H. The Kier molecular flexibility index (Phi) is 20.0. The van der Waals surface area contributed by atoms with Gasteiger partial charge in [-0.3, -0.25) is 0 Å². The molecule has 0 radical (unpaired) electrons. The summed E-state index contributed by atoms with van der Waals surface area (Å²) in [5.74, 6) is 0. The molecule has 0 fully saturated rings. The molecule has 688 valence electrons. The van der Waals surface area contributed by atoms with Gasteiger partial charge in [0.15, 0.2) is 0 Å². The molecule has 3 heterocycles. The van der Waals surface area contributed by atoms with Crippen molar-refractivity contribution in [2.75, 3.05) is 14.7 Å². The molecule has 3 nitrogen and oxygen atoms in total. The fourth-order valence-electron chi connectivity index (χ4n) is 23.9. The van der Waals surface area contributed by atoms with Crippen LogP contribution in [0, 0.1) is 0 Å². The van der Waals surface area contributed by atoms with E-state index in [1.165, 1.54) is 180 Å². The highest BCUT2D eigenvalue weighted by atomic mass is 32.1. The van der Waals surface area contributed by atoms with Crippen LogP contribution in [-0.4, -0.2) is 0 Å². The molecule has 27 aromatic carbocycles. The number of anilines is 9. The quantitative estimate of drug-likeness (QED) is 0.0893. The van der Waals surface area contributed by atoms with Crippen molar-refractivity contribution in [2.24, 2.45) is 0 Å². The number of hydrogen-bond donors (Lipinski definition) is 0. The molecular weight excluding hydrogens is 1840 g/mol. The first-order chi connectivity index (χ1) is 73.3. The lowest BCUT2D eigenvalue weighted by Crippen LogP contribution is -2.11. The zero-order valence-corrected chi connectivity index (χ0v) is 82.7. The molecule has 0 bridgehead atoms. The van der Waals surface area contributed by atoms with E-state index in [4.69, 9.17) is 0 Å². The molecule has 0 saturated carbocycles. The SMILES string of the molecule is c1ccc(-c2cccc(N(c3ccc(-c4cc5cc(-c6ccc7c(c6)c(-c6cccc(N(c8ccc9c(c8)sc8c%10ccccc%10ccc98)c8ccccc8-c8cccc(-c9ccc%10ccc(N(c%11ccccc%11-c%11cc%12ccccc%12c%12ccccc%11%12)c%11cccc%12c%11sc%11c%13ccccc%13ccc%12%11)cc%10c9)c8)c6)cc6ccccc67)ccc5c5ccccc45)cc3)c3cccc4sc5c6ccccc6ccc5c34)c2)cc1. The minimum absolute atomic E-state index is 1.05. The first kappa shape index (κ1) is 85.2. The Morgan fingerprint density at radius 3 is 1.20 bits per heavy atom. The first-order valence-corrected chi connectivity index (χ1v) is 53.2. The summed E-state index contributed by atoms with van der Waals surface area (Å²) in [4.78, 5) is 7.54. The highest BCUT2D eigenvalue weighted by Crippen LogP contribution is 2.55. The van der Waals surface area contributed by atoms with Crippen molar-refractivity contribution in [3.05, 3.63) is 528 Å². The zero-order valence-electron chi connectivity index (χ0n) is 80.3. The molecule has 6 heteroatoms. The molecule has 0 N–H and O–H groups in total. The van der Waals surface area contributed by atoms with E-state index in [-0.39, 0.29) is 0 Å². The average Bonchev–Trinajstić information content (AvgIpc) is 1.32. The van der Waals surface area contributed by atoms with E-state index in [1.54, 1.807) is 0 Å². The Balaban J connectivity index is 0.534. The third-order valence-electron chi connectivity index (χ3n) is 30.9. The maximum Gasteiger partial charge on any atom is 0.0640 e. The lowest BCUT2D eigenvalue weighted by Gasteiger charge is -2.29. The fraction of sp³-hybridized carbons (Fsp3) is 0. The number of para-hydroxylation sites is 2. The zero-order chi connectivity index (χ0) is 97.1. The van der Waals surface area contributed by atoms with Gasteiger partial charge in [0.25, 0.3) is 0 Å². The smallest absolute Gasteiger partial charge is 0.0640 e. The summed E-state index contributed by atoms with van der Waals surface area (Å²) >= 11 is 5.67. The molecule has 3 aromatic heterocycles. The van der Waals surface area contributed by atoms with Crippen LogP contribution in [0.5, 0.6) is 0 Å². The maximum atomic E-state index is 2.55. The van der Waals surface area contributed by atoms with Crippen LogP contribution in [0.3, 0.4) is 0 Å². The van der Waals surface area contributed by atoms with E-state index in [9.17, 15) is 0 Å². The minimum Gasteiger partial charge on any atom is -0.310 e. The van der Waals surface area contributed by atoms with Gasteiger partial charge in [-0.05, 0) is 308 Å². The number of fused-ring (bicyclic) bond motifs is 25. The van der Waals surface area contributed by atoms with Gasteiger partial charge < -0.3 is 14.7 Å². The van der Waals surface area contributed by atoms with Crippen molar-refractivity contribution in [1.29, 1.82) is 0 Å². The van der Waals surface area contributed by atoms with Crippen LogP contribution in [-0.2, 0) is 0 Å². The van der Waals surface area contributed by atoms with Crippen LogP contribution in [0.1, 0.15) is 0 Å². The van der Waals surface area contributed by atoms with Gasteiger partial charge in [-0.2, -0.15) is 0 Å². The van der Waals surface area contributed by atoms with Gasteiger partial charge in [-0.1, -0.05) is 394 Å². The summed E-state index contributed by atoms with van der Waals surface area (Å²) in [5, 5.41) is 32.0. The Hall–Kier alpha value is -18.4. The lowest BCUT2D eigenvalue weighted by atomic mass is 9.89. The van der Waals surface area contributed by atoms with Crippen LogP contribution in [0.15, 0.2) is 528 Å². The summed E-state index contributed by atoms with van der Waals surface area (Å²) in [6, 6.07) is 198. The van der Waals surface area contributed by atoms with Crippen LogP contribution < -0.4 is 14.7 Å². The largest absolute Gasteiger partial charge is 0.310 e. The molecule has 0 unspecified atom stereocenters. The van der Waals surface area contributed by atoms with Crippen molar-refractivity contribution in [2.45, 2.75) is 0 Å². The van der Waals surface area contributed by atoms with Gasteiger partial charge >= 0.3 is 0 Å². The van der Waals surface area contributed by atoms with Crippen LogP contribution >= 0.6 is 34.0 Å². The molecule has 0 saturated heterocycles. The minimum atomic E-state index is 1.05. The van der Waals surface area contributed by atoms with E-state index >= 15 is 0 Å². The summed E-state index contributed by atoms with van der Waals surface area (Å²) in [6.45, 7) is 0. The van der Waals surface area contributed by atoms with Gasteiger partial charge in [0.2, 0.25) is 0 Å². The van der Waals surface area contributed by atoms with Crippen LogP contribution in [0.25, 0.3) is 246 Å². The summed E-state index contributed by atoms with van der Waals surface area (Å²) in [7, 11) is 0. The third kappa shape index (κ3) is 14.1. The molecule has 0 aliphatic rings. The second-order valence-electron chi connectivity index (χ2n) is 39.2. The molecule has 0 atom stereocenters. The van der Waals surface area contributed by atoms with Crippen molar-refractivity contribution >= 4 is 253 Å². The molecule has 0 amide bonds. The third-order valence-corrected chi connectivity index (χ3v) is 34.6.